The van der Waals surface area contributed by atoms with E-state index in [1.54, 1.807) is 0 Å². The molecular formula is C13H18FNO3. The molecule has 0 aliphatic carbocycles. The zero-order valence-corrected chi connectivity index (χ0v) is 11.0. The molecule has 2 N–H and O–H groups in total. The van der Waals surface area contributed by atoms with Gasteiger partial charge in [0.1, 0.15) is 17.2 Å². The van der Waals surface area contributed by atoms with Crippen LogP contribution in [-0.2, 0) is 5.67 Å². The molecule has 0 atom stereocenters. The van der Waals surface area contributed by atoms with Crippen molar-refractivity contribution in [2.45, 2.75) is 19.5 Å². The van der Waals surface area contributed by atoms with E-state index in [0.717, 1.165) is 0 Å². The molecule has 0 aliphatic rings. The van der Waals surface area contributed by atoms with Crippen molar-refractivity contribution in [2.24, 2.45) is 5.73 Å². The second-order valence-corrected chi connectivity index (χ2v) is 4.35. The van der Waals surface area contributed by atoms with Crippen LogP contribution in [0, 0.1) is 0 Å². The number of rotatable bonds is 5. The van der Waals surface area contributed by atoms with Crippen LogP contribution in [0.4, 0.5) is 4.39 Å². The summed E-state index contributed by atoms with van der Waals surface area (Å²) in [5, 5.41) is 0. The van der Waals surface area contributed by atoms with Gasteiger partial charge in [-0.15, -0.1) is 0 Å². The fourth-order valence-electron chi connectivity index (χ4n) is 1.69. The Kier molecular flexibility index (Phi) is 4.29. The molecule has 0 spiro atoms. The average molecular weight is 255 g/mol. The van der Waals surface area contributed by atoms with E-state index in [1.165, 1.54) is 40.2 Å². The van der Waals surface area contributed by atoms with Crippen molar-refractivity contribution in [1.82, 2.24) is 0 Å². The van der Waals surface area contributed by atoms with Crippen molar-refractivity contribution in [3.63, 3.8) is 0 Å². The monoisotopic (exact) mass is 255 g/mol. The lowest BCUT2D eigenvalue weighted by Crippen LogP contribution is -2.17. The van der Waals surface area contributed by atoms with Crippen LogP contribution in [0.2, 0.25) is 0 Å². The molecule has 1 rings (SSSR count). The third kappa shape index (κ3) is 2.79. The number of nitrogens with two attached hydrogens (primary N) is 1. The molecule has 0 aromatic heterocycles. The summed E-state index contributed by atoms with van der Waals surface area (Å²) in [6.07, 6.45) is 0. The molecule has 1 aromatic rings. The van der Waals surface area contributed by atoms with Crippen LogP contribution < -0.4 is 15.2 Å². The highest BCUT2D eigenvalue weighted by atomic mass is 19.1. The molecule has 1 aromatic carbocycles. The fraction of sp³-hybridized carbons (Fsp3) is 0.462. The van der Waals surface area contributed by atoms with Gasteiger partial charge in [-0.2, -0.15) is 0 Å². The maximum atomic E-state index is 14.1. The van der Waals surface area contributed by atoms with Crippen LogP contribution in [0.15, 0.2) is 12.1 Å². The largest absolute Gasteiger partial charge is 0.496 e. The number of methoxy groups -OCH3 is 2. The summed E-state index contributed by atoms with van der Waals surface area (Å²) in [6, 6.07) is 2.94. The van der Waals surface area contributed by atoms with Gasteiger partial charge in [0.05, 0.1) is 26.3 Å². The normalized spacial score (nSPS) is 11.2. The first-order chi connectivity index (χ1) is 8.35. The van der Waals surface area contributed by atoms with E-state index >= 15 is 0 Å². The number of halogens is 1. The second-order valence-electron chi connectivity index (χ2n) is 4.35. The molecule has 0 radical (unpaired) electrons. The maximum Gasteiger partial charge on any atom is 0.180 e. The third-order valence-electron chi connectivity index (χ3n) is 2.65. The first-order valence-corrected chi connectivity index (χ1v) is 5.53. The number of hydrogen-bond donors (Lipinski definition) is 1. The Bertz CT molecular complexity index is 452. The van der Waals surface area contributed by atoms with Gasteiger partial charge in [0.15, 0.2) is 5.78 Å². The van der Waals surface area contributed by atoms with Crippen LogP contribution in [0.25, 0.3) is 0 Å². The van der Waals surface area contributed by atoms with E-state index in [-0.39, 0.29) is 12.3 Å². The highest BCUT2D eigenvalue weighted by Gasteiger charge is 2.26. The Hall–Kier alpha value is -1.62. The van der Waals surface area contributed by atoms with Crippen LogP contribution >= 0.6 is 0 Å². The average Bonchev–Trinajstić information content (AvgIpc) is 2.34. The van der Waals surface area contributed by atoms with E-state index in [2.05, 4.69) is 0 Å². The van der Waals surface area contributed by atoms with Gasteiger partial charge in [-0.25, -0.2) is 4.39 Å². The first-order valence-electron chi connectivity index (χ1n) is 5.53. The number of Topliss-reactive ketones (excluding diaryl/α,β-unsaturated/α-hetero) is 1. The highest BCUT2D eigenvalue weighted by Crippen LogP contribution is 2.37. The number of ether oxygens (including phenoxy) is 2. The number of ketones is 1. The van der Waals surface area contributed by atoms with E-state index in [1.807, 2.05) is 0 Å². The summed E-state index contributed by atoms with van der Waals surface area (Å²) < 4.78 is 24.3. The summed E-state index contributed by atoms with van der Waals surface area (Å²) in [4.78, 5) is 11.7. The lowest BCUT2D eigenvalue weighted by atomic mass is 9.95. The Balaban J connectivity index is 3.47. The zero-order valence-electron chi connectivity index (χ0n) is 11.0. The first kappa shape index (κ1) is 14.4. The summed E-state index contributed by atoms with van der Waals surface area (Å²) >= 11 is 0. The molecular weight excluding hydrogens is 237 g/mol. The van der Waals surface area contributed by atoms with Gasteiger partial charge < -0.3 is 15.2 Å². The Morgan fingerprint density at radius 1 is 1.28 bits per heavy atom. The van der Waals surface area contributed by atoms with Crippen LogP contribution in [-0.4, -0.2) is 26.5 Å². The van der Waals surface area contributed by atoms with Crippen molar-refractivity contribution in [3.05, 3.63) is 23.3 Å². The third-order valence-corrected chi connectivity index (χ3v) is 2.65. The lowest BCUT2D eigenvalue weighted by Gasteiger charge is -2.20. The quantitative estimate of drug-likeness (QED) is 0.818. The summed E-state index contributed by atoms with van der Waals surface area (Å²) in [7, 11) is 2.85. The SMILES string of the molecule is COc1cc(C(C)(C)F)c(OC)cc1C(=O)CN. The predicted molar refractivity (Wildman–Crippen MR) is 67.1 cm³/mol. The van der Waals surface area contributed by atoms with Crippen LogP contribution in [0.3, 0.4) is 0 Å². The van der Waals surface area contributed by atoms with Gasteiger partial charge in [-0.05, 0) is 26.0 Å². The molecule has 0 heterocycles. The molecule has 5 heteroatoms. The van der Waals surface area contributed by atoms with Crippen LogP contribution in [0.5, 0.6) is 11.5 Å². The minimum absolute atomic E-state index is 0.141. The van der Waals surface area contributed by atoms with Gasteiger partial charge in [0, 0.05) is 5.56 Å². The van der Waals surface area contributed by atoms with Crippen LogP contribution in [0.1, 0.15) is 29.8 Å². The minimum Gasteiger partial charge on any atom is -0.496 e. The van der Waals surface area contributed by atoms with E-state index in [0.29, 0.717) is 22.6 Å². The number of alkyl halides is 1. The Morgan fingerprint density at radius 2 is 1.83 bits per heavy atom. The van der Waals surface area contributed by atoms with Crippen molar-refractivity contribution < 1.29 is 18.7 Å². The van der Waals surface area contributed by atoms with E-state index in [4.69, 9.17) is 15.2 Å². The molecule has 0 aliphatic heterocycles. The topological polar surface area (TPSA) is 61.5 Å². The standard InChI is InChI=1S/C13H18FNO3/c1-13(2,14)9-6-11(17-3)8(10(16)7-15)5-12(9)18-4/h5-6H,7,15H2,1-4H3. The predicted octanol–water partition coefficient (Wildman–Crippen LogP) is 2.05. The Morgan fingerprint density at radius 3 is 2.22 bits per heavy atom. The van der Waals surface area contributed by atoms with Crippen molar-refractivity contribution in [2.75, 3.05) is 20.8 Å². The van der Waals surface area contributed by atoms with E-state index in [9.17, 15) is 9.18 Å². The smallest absolute Gasteiger partial charge is 0.180 e. The van der Waals surface area contributed by atoms with Gasteiger partial charge in [-0.3, -0.25) is 4.79 Å². The molecule has 0 saturated heterocycles. The molecule has 0 unspecified atom stereocenters. The highest BCUT2D eigenvalue weighted by molar-refractivity contribution is 6.00. The number of benzene rings is 1. The zero-order chi connectivity index (χ0) is 13.9. The summed E-state index contributed by atoms with van der Waals surface area (Å²) in [5.74, 6) is 0.320. The minimum atomic E-state index is -1.59. The molecule has 100 valence electrons. The summed E-state index contributed by atoms with van der Waals surface area (Å²) in [5.41, 5.74) is 4.35. The van der Waals surface area contributed by atoms with Gasteiger partial charge >= 0.3 is 0 Å². The molecule has 0 amide bonds. The van der Waals surface area contributed by atoms with Gasteiger partial charge in [0.25, 0.3) is 0 Å². The fourth-order valence-corrected chi connectivity index (χ4v) is 1.69. The lowest BCUT2D eigenvalue weighted by molar-refractivity contribution is 0.0997. The van der Waals surface area contributed by atoms with E-state index < -0.39 is 5.67 Å². The van der Waals surface area contributed by atoms with Crippen molar-refractivity contribution in [1.29, 1.82) is 0 Å². The van der Waals surface area contributed by atoms with Crippen molar-refractivity contribution >= 4 is 5.78 Å². The molecule has 0 saturated carbocycles. The number of carbonyl (C=O) groups excluding carboxylic acids is 1. The number of carbonyl (C=O) groups is 1. The molecule has 0 fully saturated rings. The maximum absolute atomic E-state index is 14.1. The summed E-state index contributed by atoms with van der Waals surface area (Å²) in [6.45, 7) is 2.68. The second kappa shape index (κ2) is 5.35. The molecule has 4 nitrogen and oxygen atoms in total. The molecule has 0 bridgehead atoms. The van der Waals surface area contributed by atoms with Gasteiger partial charge in [-0.1, -0.05) is 0 Å². The number of hydrogen-bond acceptors (Lipinski definition) is 4. The Labute approximate surface area is 106 Å². The van der Waals surface area contributed by atoms with Crippen molar-refractivity contribution in [3.8, 4) is 11.5 Å². The van der Waals surface area contributed by atoms with Gasteiger partial charge in [0.2, 0.25) is 0 Å². The molecule has 18 heavy (non-hydrogen) atoms.